The lowest BCUT2D eigenvalue weighted by Gasteiger charge is -2.18. The molecule has 0 aromatic heterocycles. The predicted molar refractivity (Wildman–Crippen MR) is 41.7 cm³/mol. The zero-order valence-corrected chi connectivity index (χ0v) is 7.06. The van der Waals surface area contributed by atoms with Gasteiger partial charge in [0.05, 0.1) is 5.92 Å². The van der Waals surface area contributed by atoms with Gasteiger partial charge >= 0.3 is 6.18 Å². The van der Waals surface area contributed by atoms with Crippen LogP contribution in [0.25, 0.3) is 0 Å². The Kier molecular flexibility index (Phi) is 2.80. The van der Waals surface area contributed by atoms with E-state index in [0.29, 0.717) is 0 Å². The molecule has 0 N–H and O–H groups in total. The van der Waals surface area contributed by atoms with Gasteiger partial charge in [0.1, 0.15) is 0 Å². The van der Waals surface area contributed by atoms with E-state index < -0.39 is 12.1 Å². The third kappa shape index (κ3) is 2.54. The normalized spacial score (nSPS) is 31.7. The van der Waals surface area contributed by atoms with Gasteiger partial charge < -0.3 is 0 Å². The Morgan fingerprint density at radius 3 is 2.58 bits per heavy atom. The molecule has 0 nitrogen and oxygen atoms in total. The molecule has 12 heavy (non-hydrogen) atoms. The molecular formula is C9H13F3. The van der Waals surface area contributed by atoms with Crippen molar-refractivity contribution in [2.45, 2.75) is 32.4 Å². The molecule has 3 heteroatoms. The van der Waals surface area contributed by atoms with Crippen LogP contribution in [-0.2, 0) is 0 Å². The molecule has 1 aliphatic rings. The highest BCUT2D eigenvalue weighted by Gasteiger charge is 2.38. The molecule has 0 bridgehead atoms. The smallest absolute Gasteiger partial charge is 0.170 e. The molecule has 0 aromatic carbocycles. The van der Waals surface area contributed by atoms with E-state index in [-0.39, 0.29) is 12.3 Å². The van der Waals surface area contributed by atoms with Crippen molar-refractivity contribution in [3.8, 4) is 0 Å². The van der Waals surface area contributed by atoms with Crippen LogP contribution in [0.4, 0.5) is 13.2 Å². The molecule has 2 atom stereocenters. The predicted octanol–water partition coefficient (Wildman–Crippen LogP) is 3.54. The summed E-state index contributed by atoms with van der Waals surface area (Å²) in [5.74, 6) is -1.03. The van der Waals surface area contributed by atoms with Crippen molar-refractivity contribution in [2.75, 3.05) is 0 Å². The molecule has 0 aliphatic heterocycles. The lowest BCUT2D eigenvalue weighted by Crippen LogP contribution is -2.22. The minimum atomic E-state index is -4.05. The summed E-state index contributed by atoms with van der Waals surface area (Å²) in [6.07, 6.45) is 0.830. The van der Waals surface area contributed by atoms with Crippen LogP contribution < -0.4 is 0 Å². The lowest BCUT2D eigenvalue weighted by atomic mass is 9.95. The molecule has 70 valence electrons. The maximum absolute atomic E-state index is 12.2. The molecule has 0 radical (unpaired) electrons. The summed E-state index contributed by atoms with van der Waals surface area (Å²) >= 11 is 0. The van der Waals surface area contributed by atoms with Crippen molar-refractivity contribution < 1.29 is 13.2 Å². The fourth-order valence-electron chi connectivity index (χ4n) is 1.51. The van der Waals surface area contributed by atoms with Crippen LogP contribution in [0.1, 0.15) is 26.2 Å². The van der Waals surface area contributed by atoms with Gasteiger partial charge in [0, 0.05) is 0 Å². The van der Waals surface area contributed by atoms with Crippen LogP contribution in [-0.4, -0.2) is 6.18 Å². The van der Waals surface area contributed by atoms with Crippen LogP contribution in [0.5, 0.6) is 0 Å². The molecule has 0 fully saturated rings. The first kappa shape index (κ1) is 9.62. The summed E-state index contributed by atoms with van der Waals surface area (Å²) in [7, 11) is 0. The van der Waals surface area contributed by atoms with Gasteiger partial charge in [0.15, 0.2) is 0 Å². The molecule has 1 aliphatic carbocycles. The molecular weight excluding hydrogens is 165 g/mol. The van der Waals surface area contributed by atoms with Gasteiger partial charge in [0.25, 0.3) is 0 Å². The first-order valence-corrected chi connectivity index (χ1v) is 4.23. The van der Waals surface area contributed by atoms with Gasteiger partial charge in [0.2, 0.25) is 0 Å². The minimum Gasteiger partial charge on any atom is -0.170 e. The Morgan fingerprint density at radius 2 is 2.00 bits per heavy atom. The molecule has 2 unspecified atom stereocenters. The second-order valence-corrected chi connectivity index (χ2v) is 3.49. The van der Waals surface area contributed by atoms with Crippen molar-refractivity contribution in [1.29, 1.82) is 0 Å². The highest BCUT2D eigenvalue weighted by atomic mass is 19.4. The highest BCUT2D eigenvalue weighted by molar-refractivity contribution is 4.95. The zero-order valence-electron chi connectivity index (χ0n) is 7.06. The number of hydrogen-bond acceptors (Lipinski definition) is 0. The van der Waals surface area contributed by atoms with Crippen molar-refractivity contribution in [3.63, 3.8) is 0 Å². The number of hydrogen-bond donors (Lipinski definition) is 0. The van der Waals surface area contributed by atoms with Crippen molar-refractivity contribution in [3.05, 3.63) is 12.2 Å². The van der Waals surface area contributed by atoms with Gasteiger partial charge in [-0.15, -0.1) is 0 Å². The first-order chi connectivity index (χ1) is 5.50. The quantitative estimate of drug-likeness (QED) is 0.498. The molecule has 0 saturated heterocycles. The van der Waals surface area contributed by atoms with Crippen LogP contribution in [0, 0.1) is 11.8 Å². The summed E-state index contributed by atoms with van der Waals surface area (Å²) in [6, 6.07) is 0. The lowest BCUT2D eigenvalue weighted by molar-refractivity contribution is -0.164. The topological polar surface area (TPSA) is 0 Å². The number of rotatable bonds is 0. The SMILES string of the molecule is CC1CCC=CC(C(F)(F)F)C1. The Balaban J connectivity index is 2.63. The van der Waals surface area contributed by atoms with E-state index in [2.05, 4.69) is 0 Å². The Morgan fingerprint density at radius 1 is 1.33 bits per heavy atom. The average Bonchev–Trinajstić information content (AvgIpc) is 2.11. The van der Waals surface area contributed by atoms with Crippen LogP contribution >= 0.6 is 0 Å². The number of alkyl halides is 3. The van der Waals surface area contributed by atoms with E-state index in [4.69, 9.17) is 0 Å². The first-order valence-electron chi connectivity index (χ1n) is 4.23. The highest BCUT2D eigenvalue weighted by Crippen LogP contribution is 2.35. The van der Waals surface area contributed by atoms with E-state index >= 15 is 0 Å². The molecule has 0 spiro atoms. The van der Waals surface area contributed by atoms with Crippen molar-refractivity contribution in [1.82, 2.24) is 0 Å². The fraction of sp³-hybridized carbons (Fsp3) is 0.778. The van der Waals surface area contributed by atoms with Gasteiger partial charge in [-0.25, -0.2) is 0 Å². The van der Waals surface area contributed by atoms with Gasteiger partial charge in [-0.2, -0.15) is 13.2 Å². The van der Waals surface area contributed by atoms with Gasteiger partial charge in [-0.1, -0.05) is 19.1 Å². The van der Waals surface area contributed by atoms with Gasteiger partial charge in [-0.05, 0) is 25.2 Å². The number of allylic oxidation sites excluding steroid dienone is 2. The third-order valence-electron chi connectivity index (χ3n) is 2.27. The van der Waals surface area contributed by atoms with Crippen LogP contribution in [0.3, 0.4) is 0 Å². The van der Waals surface area contributed by atoms with Gasteiger partial charge in [-0.3, -0.25) is 0 Å². The second-order valence-electron chi connectivity index (χ2n) is 3.49. The van der Waals surface area contributed by atoms with E-state index in [9.17, 15) is 13.2 Å². The Bertz CT molecular complexity index is 169. The van der Waals surface area contributed by atoms with E-state index in [1.54, 1.807) is 6.08 Å². The van der Waals surface area contributed by atoms with Crippen LogP contribution in [0.15, 0.2) is 12.2 Å². The molecule has 0 heterocycles. The standard InChI is InChI=1S/C9H13F3/c1-7-4-2-3-5-8(6-7)9(10,11)12/h3,5,7-8H,2,4,6H2,1H3. The molecule has 0 saturated carbocycles. The zero-order chi connectivity index (χ0) is 9.19. The fourth-order valence-corrected chi connectivity index (χ4v) is 1.51. The van der Waals surface area contributed by atoms with Crippen molar-refractivity contribution in [2.24, 2.45) is 11.8 Å². The third-order valence-corrected chi connectivity index (χ3v) is 2.27. The maximum Gasteiger partial charge on any atom is 0.395 e. The molecule has 0 amide bonds. The molecule has 1 rings (SSSR count). The Hall–Kier alpha value is -0.470. The van der Waals surface area contributed by atoms with E-state index in [1.165, 1.54) is 6.08 Å². The summed E-state index contributed by atoms with van der Waals surface area (Å²) in [5.41, 5.74) is 0. The summed E-state index contributed by atoms with van der Waals surface area (Å²) in [6.45, 7) is 1.88. The van der Waals surface area contributed by atoms with E-state index in [0.717, 1.165) is 12.8 Å². The van der Waals surface area contributed by atoms with Crippen molar-refractivity contribution >= 4 is 0 Å². The summed E-state index contributed by atoms with van der Waals surface area (Å²) in [5, 5.41) is 0. The second kappa shape index (κ2) is 3.50. The Labute approximate surface area is 70.5 Å². The summed E-state index contributed by atoms with van der Waals surface area (Å²) in [4.78, 5) is 0. The summed E-state index contributed by atoms with van der Waals surface area (Å²) < 4.78 is 36.7. The maximum atomic E-state index is 12.2. The largest absolute Gasteiger partial charge is 0.395 e. The number of halogens is 3. The molecule has 0 aromatic rings. The van der Waals surface area contributed by atoms with Crippen LogP contribution in [0.2, 0.25) is 0 Å². The monoisotopic (exact) mass is 178 g/mol. The minimum absolute atomic E-state index is 0.187. The average molecular weight is 178 g/mol. The van der Waals surface area contributed by atoms with E-state index in [1.807, 2.05) is 6.92 Å².